The number of aromatic nitrogens is 2. The van der Waals surface area contributed by atoms with Gasteiger partial charge >= 0.3 is 5.97 Å². The van der Waals surface area contributed by atoms with Crippen molar-refractivity contribution in [3.63, 3.8) is 0 Å². The molecule has 0 fully saturated rings. The molecule has 6 heteroatoms. The standard InChI is InChI=1S/C11H10N2O2S.BrH/c1-2-15-11(14)10-13-9(7-16-10)8-4-3-5-12-6-8;/h3-7H,2H2,1H3;1H. The molecule has 2 aromatic rings. The molecule has 0 bridgehead atoms. The lowest BCUT2D eigenvalue weighted by atomic mass is 10.2. The Bertz CT molecular complexity index is 487. The van der Waals surface area contributed by atoms with Crippen LogP contribution in [0, 0.1) is 0 Å². The number of carbonyl (C=O) groups is 1. The fourth-order valence-electron chi connectivity index (χ4n) is 1.21. The van der Waals surface area contributed by atoms with Crippen molar-refractivity contribution < 1.29 is 9.53 Å². The summed E-state index contributed by atoms with van der Waals surface area (Å²) < 4.78 is 4.87. The highest BCUT2D eigenvalue weighted by Crippen LogP contribution is 2.21. The number of ether oxygens (including phenoxy) is 1. The molecule has 0 amide bonds. The highest BCUT2D eigenvalue weighted by atomic mass is 79.9. The summed E-state index contributed by atoms with van der Waals surface area (Å²) in [4.78, 5) is 19.6. The highest BCUT2D eigenvalue weighted by Gasteiger charge is 2.12. The minimum Gasteiger partial charge on any atom is -0.461 e. The molecule has 2 rings (SSSR count). The number of rotatable bonds is 3. The van der Waals surface area contributed by atoms with E-state index < -0.39 is 0 Å². The van der Waals surface area contributed by atoms with Crippen molar-refractivity contribution in [3.05, 3.63) is 34.9 Å². The highest BCUT2D eigenvalue weighted by molar-refractivity contribution is 8.93. The quantitative estimate of drug-likeness (QED) is 0.817. The molecule has 17 heavy (non-hydrogen) atoms. The van der Waals surface area contributed by atoms with Crippen LogP contribution in [0.15, 0.2) is 29.9 Å². The van der Waals surface area contributed by atoms with Crippen LogP contribution in [0.4, 0.5) is 0 Å². The average Bonchev–Trinajstić information content (AvgIpc) is 2.80. The van der Waals surface area contributed by atoms with Gasteiger partial charge < -0.3 is 4.74 Å². The summed E-state index contributed by atoms with van der Waals surface area (Å²) >= 11 is 1.28. The molecule has 0 aliphatic carbocycles. The number of pyridine rings is 1. The van der Waals surface area contributed by atoms with Crippen molar-refractivity contribution in [3.8, 4) is 11.3 Å². The van der Waals surface area contributed by atoms with Gasteiger partial charge in [-0.25, -0.2) is 9.78 Å². The second-order valence-corrected chi connectivity index (χ2v) is 3.86. The van der Waals surface area contributed by atoms with Crippen LogP contribution in [0.1, 0.15) is 16.7 Å². The van der Waals surface area contributed by atoms with Crippen LogP contribution in [0.25, 0.3) is 11.3 Å². The molecule has 0 saturated carbocycles. The van der Waals surface area contributed by atoms with Gasteiger partial charge in [0.1, 0.15) is 0 Å². The van der Waals surface area contributed by atoms with E-state index in [0.717, 1.165) is 11.3 Å². The first-order valence-electron chi connectivity index (χ1n) is 4.84. The van der Waals surface area contributed by atoms with Crippen LogP contribution >= 0.6 is 28.3 Å². The molecule has 0 aromatic carbocycles. The molecular formula is C11H11BrN2O2S. The van der Waals surface area contributed by atoms with Crippen molar-refractivity contribution in [1.82, 2.24) is 9.97 Å². The lowest BCUT2D eigenvalue weighted by molar-refractivity contribution is 0.0526. The first-order chi connectivity index (χ1) is 7.81. The van der Waals surface area contributed by atoms with Gasteiger partial charge in [0, 0.05) is 23.3 Å². The summed E-state index contributed by atoms with van der Waals surface area (Å²) in [6, 6.07) is 3.73. The Labute approximate surface area is 113 Å². The zero-order valence-electron chi connectivity index (χ0n) is 9.12. The molecule has 4 nitrogen and oxygen atoms in total. The van der Waals surface area contributed by atoms with Crippen molar-refractivity contribution in [1.29, 1.82) is 0 Å². The van der Waals surface area contributed by atoms with E-state index in [1.54, 1.807) is 19.3 Å². The number of nitrogens with zero attached hydrogens (tertiary/aromatic N) is 2. The monoisotopic (exact) mass is 314 g/mol. The molecular weight excluding hydrogens is 304 g/mol. The number of hydrogen-bond donors (Lipinski definition) is 0. The van der Waals surface area contributed by atoms with Crippen LogP contribution < -0.4 is 0 Å². The Morgan fingerprint density at radius 2 is 2.35 bits per heavy atom. The smallest absolute Gasteiger partial charge is 0.367 e. The van der Waals surface area contributed by atoms with Gasteiger partial charge in [-0.1, -0.05) is 0 Å². The van der Waals surface area contributed by atoms with Gasteiger partial charge in [-0.15, -0.1) is 28.3 Å². The molecule has 2 heterocycles. The second kappa shape index (κ2) is 6.46. The van der Waals surface area contributed by atoms with Gasteiger partial charge in [-0.05, 0) is 19.1 Å². The molecule has 0 atom stereocenters. The Morgan fingerprint density at radius 1 is 1.53 bits per heavy atom. The summed E-state index contributed by atoms with van der Waals surface area (Å²) in [6.07, 6.45) is 3.41. The average molecular weight is 315 g/mol. The normalized spacial score (nSPS) is 9.47. The third kappa shape index (κ3) is 3.34. The van der Waals surface area contributed by atoms with Gasteiger partial charge in [0.25, 0.3) is 0 Å². The molecule has 2 aromatic heterocycles. The fourth-order valence-corrected chi connectivity index (χ4v) is 1.93. The molecule has 90 valence electrons. The maximum Gasteiger partial charge on any atom is 0.367 e. The summed E-state index contributed by atoms with van der Waals surface area (Å²) in [5, 5.41) is 2.20. The van der Waals surface area contributed by atoms with Crippen LogP contribution in [-0.2, 0) is 4.74 Å². The molecule has 0 radical (unpaired) electrons. The van der Waals surface area contributed by atoms with Crippen LogP contribution in [-0.4, -0.2) is 22.5 Å². The maximum absolute atomic E-state index is 11.4. The Kier molecular flexibility index (Phi) is 5.24. The summed E-state index contributed by atoms with van der Waals surface area (Å²) in [6.45, 7) is 2.13. The first-order valence-corrected chi connectivity index (χ1v) is 5.72. The number of esters is 1. The van der Waals surface area contributed by atoms with E-state index >= 15 is 0 Å². The zero-order valence-corrected chi connectivity index (χ0v) is 11.7. The second-order valence-electron chi connectivity index (χ2n) is 3.00. The van der Waals surface area contributed by atoms with Crippen molar-refractivity contribution >= 4 is 34.3 Å². The van der Waals surface area contributed by atoms with E-state index in [-0.39, 0.29) is 23.0 Å². The van der Waals surface area contributed by atoms with Gasteiger partial charge in [0.2, 0.25) is 5.01 Å². The number of hydrogen-bond acceptors (Lipinski definition) is 5. The van der Waals surface area contributed by atoms with Gasteiger partial charge in [0.15, 0.2) is 0 Å². The van der Waals surface area contributed by atoms with Gasteiger partial charge in [-0.2, -0.15) is 0 Å². The van der Waals surface area contributed by atoms with E-state index in [9.17, 15) is 4.79 Å². The molecule has 0 N–H and O–H groups in total. The topological polar surface area (TPSA) is 52.1 Å². The van der Waals surface area contributed by atoms with E-state index in [1.165, 1.54) is 11.3 Å². The minimum atomic E-state index is -0.373. The van der Waals surface area contributed by atoms with E-state index in [0.29, 0.717) is 11.6 Å². The lowest BCUT2D eigenvalue weighted by Gasteiger charge is -1.96. The van der Waals surface area contributed by atoms with E-state index in [1.807, 2.05) is 17.5 Å². The predicted molar refractivity (Wildman–Crippen MR) is 71.6 cm³/mol. The molecule has 0 saturated heterocycles. The largest absolute Gasteiger partial charge is 0.461 e. The Morgan fingerprint density at radius 3 is 3.00 bits per heavy atom. The number of thiazole rings is 1. The summed E-state index contributed by atoms with van der Waals surface area (Å²) in [7, 11) is 0. The summed E-state index contributed by atoms with van der Waals surface area (Å²) in [5.74, 6) is -0.373. The first kappa shape index (κ1) is 13.8. The number of halogens is 1. The maximum atomic E-state index is 11.4. The Hall–Kier alpha value is -1.27. The molecule has 0 unspecified atom stereocenters. The number of carbonyl (C=O) groups excluding carboxylic acids is 1. The van der Waals surface area contributed by atoms with Gasteiger partial charge in [0.05, 0.1) is 12.3 Å². The van der Waals surface area contributed by atoms with Gasteiger partial charge in [-0.3, -0.25) is 4.98 Å². The van der Waals surface area contributed by atoms with Crippen molar-refractivity contribution in [2.45, 2.75) is 6.92 Å². The lowest BCUT2D eigenvalue weighted by Crippen LogP contribution is -2.03. The molecule has 0 aliphatic heterocycles. The molecule has 0 aliphatic rings. The third-order valence-electron chi connectivity index (χ3n) is 1.91. The van der Waals surface area contributed by atoms with Crippen molar-refractivity contribution in [2.75, 3.05) is 6.61 Å². The SMILES string of the molecule is Br.CCOC(=O)c1nc(-c2cccnc2)cs1. The minimum absolute atomic E-state index is 0. The van der Waals surface area contributed by atoms with Crippen molar-refractivity contribution in [2.24, 2.45) is 0 Å². The van der Waals surface area contributed by atoms with E-state index in [4.69, 9.17) is 4.74 Å². The third-order valence-corrected chi connectivity index (χ3v) is 2.73. The zero-order chi connectivity index (χ0) is 11.4. The van der Waals surface area contributed by atoms with Crippen LogP contribution in [0.5, 0.6) is 0 Å². The Balaban J connectivity index is 0.00000144. The van der Waals surface area contributed by atoms with Crippen LogP contribution in [0.2, 0.25) is 0 Å². The fraction of sp³-hybridized carbons (Fsp3) is 0.182. The summed E-state index contributed by atoms with van der Waals surface area (Å²) in [5.41, 5.74) is 1.65. The molecule has 0 spiro atoms. The van der Waals surface area contributed by atoms with E-state index in [2.05, 4.69) is 9.97 Å². The van der Waals surface area contributed by atoms with Crippen LogP contribution in [0.3, 0.4) is 0 Å². The predicted octanol–water partition coefficient (Wildman–Crippen LogP) is 2.96.